The molecular formula is C22H25ClN5O3P. The van der Waals surface area contributed by atoms with E-state index in [0.29, 0.717) is 46.5 Å². The molecule has 1 atom stereocenters. The second kappa shape index (κ2) is 10.6. The van der Waals surface area contributed by atoms with E-state index in [-0.39, 0.29) is 5.91 Å². The van der Waals surface area contributed by atoms with Crippen molar-refractivity contribution in [3.8, 4) is 0 Å². The largest absolute Gasteiger partial charge is 0.338 e. The molecule has 2 aromatic carbocycles. The summed E-state index contributed by atoms with van der Waals surface area (Å²) in [6.07, 6.45) is 2.03. The highest BCUT2D eigenvalue weighted by molar-refractivity contribution is 7.71. The first kappa shape index (κ1) is 23.7. The Kier molecular flexibility index (Phi) is 7.85. The number of halogens is 1. The fraction of sp³-hybridized carbons (Fsp3) is 0.227. The number of nitrogens with one attached hydrogen (secondary N) is 3. The highest BCUT2D eigenvalue weighted by Gasteiger charge is 2.20. The van der Waals surface area contributed by atoms with Crippen molar-refractivity contribution in [2.24, 2.45) is 0 Å². The average molecular weight is 474 g/mol. The van der Waals surface area contributed by atoms with Gasteiger partial charge in [-0.25, -0.2) is 10.5 Å². The minimum absolute atomic E-state index is 0.316. The predicted molar refractivity (Wildman–Crippen MR) is 129 cm³/mol. The zero-order valence-electron chi connectivity index (χ0n) is 18.1. The Hall–Kier alpha value is -2.93. The van der Waals surface area contributed by atoms with Gasteiger partial charge in [-0.15, -0.1) is 0 Å². The van der Waals surface area contributed by atoms with Crippen molar-refractivity contribution in [1.82, 2.24) is 15.4 Å². The molecule has 1 aromatic heterocycles. The van der Waals surface area contributed by atoms with E-state index in [4.69, 9.17) is 16.4 Å². The van der Waals surface area contributed by atoms with Crippen molar-refractivity contribution in [1.29, 1.82) is 0 Å². The lowest BCUT2D eigenvalue weighted by atomic mass is 10.2. The first-order valence-electron chi connectivity index (χ1n) is 10.1. The van der Waals surface area contributed by atoms with Crippen molar-refractivity contribution in [2.75, 3.05) is 30.1 Å². The smallest absolute Gasteiger partial charge is 0.274 e. The molecule has 8 nitrogen and oxygen atoms in total. The third-order valence-corrected chi connectivity index (χ3v) is 7.62. The Morgan fingerprint density at radius 3 is 2.50 bits per heavy atom. The first-order chi connectivity index (χ1) is 15.3. The van der Waals surface area contributed by atoms with Crippen LogP contribution in [0.3, 0.4) is 0 Å². The average Bonchev–Trinajstić information content (AvgIpc) is 2.80. The van der Waals surface area contributed by atoms with Crippen LogP contribution in [0.5, 0.6) is 0 Å². The molecule has 0 saturated carbocycles. The maximum atomic E-state index is 13.0. The van der Waals surface area contributed by atoms with Gasteiger partial charge in [-0.2, -0.15) is 4.98 Å². The standard InChI is InChI=1S/C22H25ClN5O3P/c1-4-31-28-21(29)15-10-12-16(13-11-15)25-22-24-14-17(23)20(27-22)26-18-8-6-7-9-19(18)32(3,30)5-2/h6-14H,4-5H2,1-3H3,(H,28,29)(H2,24,25,26,27). The number of benzene rings is 2. The highest BCUT2D eigenvalue weighted by atomic mass is 35.5. The van der Waals surface area contributed by atoms with E-state index in [2.05, 4.69) is 26.1 Å². The molecule has 168 valence electrons. The van der Waals surface area contributed by atoms with Crippen LogP contribution in [-0.4, -0.2) is 35.3 Å². The van der Waals surface area contributed by atoms with E-state index >= 15 is 0 Å². The minimum Gasteiger partial charge on any atom is -0.338 e. The molecular weight excluding hydrogens is 449 g/mol. The molecule has 3 N–H and O–H groups in total. The number of anilines is 4. The number of nitrogens with zero attached hydrogens (tertiary/aromatic N) is 2. The van der Waals surface area contributed by atoms with Crippen molar-refractivity contribution < 1.29 is 14.2 Å². The SMILES string of the molecule is CCONC(=O)c1ccc(Nc2ncc(Cl)c(Nc3ccccc3P(C)(=O)CC)n2)cc1. The normalized spacial score (nSPS) is 12.6. The summed E-state index contributed by atoms with van der Waals surface area (Å²) >= 11 is 6.31. The number of carbonyl (C=O) groups is 1. The molecule has 0 aliphatic rings. The third-order valence-electron chi connectivity index (χ3n) is 4.73. The van der Waals surface area contributed by atoms with Crippen molar-refractivity contribution in [3.05, 3.63) is 65.3 Å². The zero-order valence-corrected chi connectivity index (χ0v) is 19.7. The molecule has 3 aromatic rings. The Bertz CT molecular complexity index is 1140. The van der Waals surface area contributed by atoms with E-state index in [0.717, 1.165) is 5.30 Å². The summed E-state index contributed by atoms with van der Waals surface area (Å²) in [5.74, 6) is 0.378. The first-order valence-corrected chi connectivity index (χ1v) is 12.8. The second-order valence-corrected chi connectivity index (χ2v) is 10.7. The van der Waals surface area contributed by atoms with E-state index in [1.165, 1.54) is 6.20 Å². The maximum absolute atomic E-state index is 13.0. The van der Waals surface area contributed by atoms with Crippen LogP contribution in [0.15, 0.2) is 54.7 Å². The predicted octanol–water partition coefficient (Wildman–Crippen LogP) is 4.94. The summed E-state index contributed by atoms with van der Waals surface area (Å²) in [6, 6.07) is 14.2. The lowest BCUT2D eigenvalue weighted by Gasteiger charge is -2.17. The van der Waals surface area contributed by atoms with E-state index in [1.54, 1.807) is 37.9 Å². The lowest BCUT2D eigenvalue weighted by Crippen LogP contribution is -2.23. The molecule has 0 aliphatic carbocycles. The number of para-hydroxylation sites is 1. The monoisotopic (exact) mass is 473 g/mol. The van der Waals surface area contributed by atoms with E-state index in [1.807, 2.05) is 31.2 Å². The number of rotatable bonds is 9. The quantitative estimate of drug-likeness (QED) is 0.298. The molecule has 1 amide bonds. The van der Waals surface area contributed by atoms with Gasteiger partial charge in [-0.1, -0.05) is 30.7 Å². The van der Waals surface area contributed by atoms with Gasteiger partial charge in [0.25, 0.3) is 5.91 Å². The molecule has 1 unspecified atom stereocenters. The van der Waals surface area contributed by atoms with Crippen LogP contribution < -0.4 is 21.4 Å². The molecule has 0 spiro atoms. The third kappa shape index (κ3) is 5.85. The maximum Gasteiger partial charge on any atom is 0.274 e. The summed E-state index contributed by atoms with van der Waals surface area (Å²) in [6.45, 7) is 5.84. The highest BCUT2D eigenvalue weighted by Crippen LogP contribution is 2.42. The van der Waals surface area contributed by atoms with Crippen molar-refractivity contribution in [2.45, 2.75) is 13.8 Å². The van der Waals surface area contributed by atoms with Crippen LogP contribution >= 0.6 is 18.7 Å². The summed E-state index contributed by atoms with van der Waals surface area (Å²) in [4.78, 5) is 25.5. The van der Waals surface area contributed by atoms with Crippen molar-refractivity contribution >= 4 is 53.1 Å². The summed E-state index contributed by atoms with van der Waals surface area (Å²) in [5.41, 5.74) is 4.19. The van der Waals surface area contributed by atoms with E-state index in [9.17, 15) is 9.36 Å². The minimum atomic E-state index is -2.51. The summed E-state index contributed by atoms with van der Waals surface area (Å²) < 4.78 is 13.0. The van der Waals surface area contributed by atoms with Gasteiger partial charge in [0.05, 0.1) is 18.5 Å². The van der Waals surface area contributed by atoms with Crippen LogP contribution in [0, 0.1) is 0 Å². The molecule has 10 heteroatoms. The van der Waals surface area contributed by atoms with Gasteiger partial charge in [0.2, 0.25) is 5.95 Å². The van der Waals surface area contributed by atoms with Gasteiger partial charge >= 0.3 is 0 Å². The van der Waals surface area contributed by atoms with Gasteiger partial charge in [0.1, 0.15) is 12.2 Å². The number of amides is 1. The molecule has 0 bridgehead atoms. The van der Waals surface area contributed by atoms with Gasteiger partial charge in [0.15, 0.2) is 5.82 Å². The summed E-state index contributed by atoms with van der Waals surface area (Å²) in [7, 11) is -2.51. The van der Waals surface area contributed by atoms with Crippen LogP contribution in [0.4, 0.5) is 23.1 Å². The van der Waals surface area contributed by atoms with Crippen LogP contribution in [-0.2, 0) is 9.40 Å². The second-order valence-electron chi connectivity index (χ2n) is 7.02. The van der Waals surface area contributed by atoms with Crippen molar-refractivity contribution in [3.63, 3.8) is 0 Å². The Labute approximate surface area is 192 Å². The number of hydrogen-bond donors (Lipinski definition) is 3. The number of carbonyl (C=O) groups excluding carboxylic acids is 1. The van der Waals surface area contributed by atoms with Crippen LogP contribution in [0.25, 0.3) is 0 Å². The summed E-state index contributed by atoms with van der Waals surface area (Å²) in [5, 5.41) is 7.35. The molecule has 0 aliphatic heterocycles. The Morgan fingerprint density at radius 1 is 1.09 bits per heavy atom. The number of hydroxylamine groups is 1. The van der Waals surface area contributed by atoms with Gasteiger partial charge < -0.3 is 15.2 Å². The zero-order chi connectivity index (χ0) is 23.1. The Morgan fingerprint density at radius 2 is 1.81 bits per heavy atom. The topological polar surface area (TPSA) is 105 Å². The van der Waals surface area contributed by atoms with Crippen LogP contribution in [0.2, 0.25) is 5.02 Å². The van der Waals surface area contributed by atoms with Gasteiger partial charge in [-0.05, 0) is 50.0 Å². The molecule has 0 saturated heterocycles. The number of hydrogen-bond acceptors (Lipinski definition) is 7. The Balaban J connectivity index is 1.79. The fourth-order valence-electron chi connectivity index (χ4n) is 2.84. The number of aromatic nitrogens is 2. The van der Waals surface area contributed by atoms with E-state index < -0.39 is 7.14 Å². The molecule has 3 rings (SSSR count). The fourth-order valence-corrected chi connectivity index (χ4v) is 4.36. The van der Waals surface area contributed by atoms with Crippen LogP contribution in [0.1, 0.15) is 24.2 Å². The van der Waals surface area contributed by atoms with Gasteiger partial charge in [-0.3, -0.25) is 9.63 Å². The lowest BCUT2D eigenvalue weighted by molar-refractivity contribution is 0.0364. The molecule has 1 heterocycles. The van der Waals surface area contributed by atoms with Gasteiger partial charge in [0, 0.05) is 22.7 Å². The molecule has 0 fully saturated rings. The molecule has 0 radical (unpaired) electrons. The molecule has 32 heavy (non-hydrogen) atoms.